The summed E-state index contributed by atoms with van der Waals surface area (Å²) in [5.74, 6) is -1.55. The first kappa shape index (κ1) is 24.7. The highest BCUT2D eigenvalue weighted by Gasteiger charge is 2.34. The Kier molecular flexibility index (Phi) is 8.43. The van der Waals surface area contributed by atoms with Gasteiger partial charge in [0, 0.05) is 18.2 Å². The average molecular weight is 439 g/mol. The van der Waals surface area contributed by atoms with Crippen molar-refractivity contribution in [3.8, 4) is 0 Å². The van der Waals surface area contributed by atoms with E-state index < -0.39 is 41.4 Å². The number of amides is 1. The highest BCUT2D eigenvalue weighted by atomic mass is 35.5. The number of ether oxygens (including phenoxy) is 2. The topological polar surface area (TPSA) is 94.6 Å². The Morgan fingerprint density at radius 2 is 1.86 bits per heavy atom. The normalized spacial score (nSPS) is 12.8. The molecule has 0 aromatic carbocycles. The van der Waals surface area contributed by atoms with Crippen LogP contribution in [-0.2, 0) is 20.4 Å². The number of hydrogen-bond donors (Lipinski definition) is 1. The van der Waals surface area contributed by atoms with E-state index in [4.69, 9.17) is 21.1 Å². The minimum atomic E-state index is -4.74. The highest BCUT2D eigenvalue weighted by molar-refractivity contribution is 6.33. The van der Waals surface area contributed by atoms with Crippen molar-refractivity contribution in [2.45, 2.75) is 58.4 Å². The summed E-state index contributed by atoms with van der Waals surface area (Å²) in [4.78, 5) is 39.5. The lowest BCUT2D eigenvalue weighted by molar-refractivity contribution is -0.145. The third-order valence-corrected chi connectivity index (χ3v) is 3.67. The zero-order valence-electron chi connectivity index (χ0n) is 16.4. The van der Waals surface area contributed by atoms with Crippen LogP contribution in [0.1, 0.15) is 56.6 Å². The molecule has 0 saturated heterocycles. The van der Waals surface area contributed by atoms with Crippen LogP contribution in [0.4, 0.5) is 18.0 Å². The molecule has 0 aliphatic carbocycles. The summed E-state index contributed by atoms with van der Waals surface area (Å²) in [6.07, 6.45) is -5.51. The van der Waals surface area contributed by atoms with Crippen molar-refractivity contribution in [3.63, 3.8) is 0 Å². The number of esters is 1. The maximum atomic E-state index is 12.8. The van der Waals surface area contributed by atoms with Crippen LogP contribution in [0, 0.1) is 0 Å². The van der Waals surface area contributed by atoms with Crippen molar-refractivity contribution in [2.75, 3.05) is 6.61 Å². The van der Waals surface area contributed by atoms with E-state index >= 15 is 0 Å². The third-order valence-electron chi connectivity index (χ3n) is 3.37. The second-order valence-electron chi connectivity index (χ2n) is 6.96. The number of halogens is 4. The zero-order chi connectivity index (χ0) is 22.4. The minimum absolute atomic E-state index is 0.0321. The first-order valence-electron chi connectivity index (χ1n) is 8.66. The van der Waals surface area contributed by atoms with Gasteiger partial charge in [-0.2, -0.15) is 13.2 Å². The van der Waals surface area contributed by atoms with E-state index in [-0.39, 0.29) is 30.0 Å². The van der Waals surface area contributed by atoms with Crippen molar-refractivity contribution in [2.24, 2.45) is 0 Å². The Bertz CT molecular complexity index is 763. The molecule has 1 unspecified atom stereocenters. The van der Waals surface area contributed by atoms with E-state index in [1.165, 1.54) is 0 Å². The molecule has 1 heterocycles. The number of carbonyl (C=O) groups excluding carboxylic acids is 3. The predicted molar refractivity (Wildman–Crippen MR) is 97.6 cm³/mol. The molecule has 1 aromatic rings. The number of hydrogen-bond acceptors (Lipinski definition) is 6. The van der Waals surface area contributed by atoms with Crippen LogP contribution in [-0.4, -0.2) is 41.1 Å². The number of alkyl carbamates (subject to hydrolysis) is 1. The molecule has 1 atom stereocenters. The smallest absolute Gasteiger partial charge is 0.433 e. The monoisotopic (exact) mass is 438 g/mol. The fourth-order valence-electron chi connectivity index (χ4n) is 2.16. The molecule has 7 nitrogen and oxygen atoms in total. The summed E-state index contributed by atoms with van der Waals surface area (Å²) in [5, 5.41) is 2.05. The molecule has 29 heavy (non-hydrogen) atoms. The number of nitrogens with zero attached hydrogens (tertiary/aromatic N) is 1. The van der Waals surface area contributed by atoms with Gasteiger partial charge in [-0.25, -0.2) is 9.59 Å². The number of Topliss-reactive ketones (excluding diaryl/α,β-unsaturated/α-hetero) is 1. The Balaban J connectivity index is 2.92. The maximum absolute atomic E-state index is 12.8. The number of alkyl halides is 3. The second kappa shape index (κ2) is 9.91. The van der Waals surface area contributed by atoms with Crippen LogP contribution in [0.3, 0.4) is 0 Å². The maximum Gasteiger partial charge on any atom is 0.433 e. The van der Waals surface area contributed by atoms with Crippen LogP contribution < -0.4 is 5.32 Å². The Morgan fingerprint density at radius 3 is 2.38 bits per heavy atom. The van der Waals surface area contributed by atoms with Crippen LogP contribution in [0.2, 0.25) is 5.02 Å². The number of rotatable bonds is 7. The van der Waals surface area contributed by atoms with Crippen LogP contribution in [0.5, 0.6) is 0 Å². The van der Waals surface area contributed by atoms with Gasteiger partial charge in [0.15, 0.2) is 5.78 Å². The first-order valence-corrected chi connectivity index (χ1v) is 9.04. The molecule has 1 aromatic heterocycles. The molecule has 0 bridgehead atoms. The van der Waals surface area contributed by atoms with Crippen LogP contribution >= 0.6 is 11.6 Å². The molecule has 1 rings (SSSR count). The lowest BCUT2D eigenvalue weighted by Crippen LogP contribution is -2.44. The summed E-state index contributed by atoms with van der Waals surface area (Å²) in [5.41, 5.74) is -2.47. The molecule has 1 amide bonds. The lowest BCUT2D eigenvalue weighted by atomic mass is 10.0. The lowest BCUT2D eigenvalue weighted by Gasteiger charge is -2.22. The van der Waals surface area contributed by atoms with E-state index in [2.05, 4.69) is 10.3 Å². The van der Waals surface area contributed by atoms with Gasteiger partial charge < -0.3 is 14.8 Å². The molecular formula is C18H22ClF3N2O5. The standard InChI is InChI=1S/C18H22ClF3N2O5/c1-5-28-15(26)12(24-16(27)29-17(2,3)4)6-7-13(25)10-8-14(18(20,21)22)23-9-11(10)19/h8-9,12H,5-7H2,1-4H3,(H,24,27). The number of carbonyl (C=O) groups is 3. The summed E-state index contributed by atoms with van der Waals surface area (Å²) in [6, 6.07) is -0.679. The van der Waals surface area contributed by atoms with Crippen LogP contribution in [0.25, 0.3) is 0 Å². The first-order chi connectivity index (χ1) is 13.2. The molecular weight excluding hydrogens is 417 g/mol. The van der Waals surface area contributed by atoms with E-state index in [0.29, 0.717) is 6.07 Å². The molecule has 162 valence electrons. The molecule has 1 N–H and O–H groups in total. The SMILES string of the molecule is CCOC(=O)C(CCC(=O)c1cc(C(F)(F)F)ncc1Cl)NC(=O)OC(C)(C)C. The summed E-state index contributed by atoms with van der Waals surface area (Å²) in [6.45, 7) is 6.46. The molecule has 0 radical (unpaired) electrons. The van der Waals surface area contributed by atoms with Crippen molar-refractivity contribution in [1.82, 2.24) is 10.3 Å². The second-order valence-corrected chi connectivity index (χ2v) is 7.37. The number of ketones is 1. The fraction of sp³-hybridized carbons (Fsp3) is 0.556. The van der Waals surface area contributed by atoms with Crippen molar-refractivity contribution in [1.29, 1.82) is 0 Å². The van der Waals surface area contributed by atoms with Gasteiger partial charge in [0.05, 0.1) is 11.6 Å². The molecule has 11 heteroatoms. The summed E-state index contributed by atoms with van der Waals surface area (Å²) in [7, 11) is 0. The van der Waals surface area contributed by atoms with Gasteiger partial charge >= 0.3 is 18.2 Å². The quantitative estimate of drug-likeness (QED) is 0.507. The molecule has 0 aliphatic rings. The van der Waals surface area contributed by atoms with Gasteiger partial charge in [-0.05, 0) is 40.2 Å². The highest BCUT2D eigenvalue weighted by Crippen LogP contribution is 2.30. The largest absolute Gasteiger partial charge is 0.464 e. The molecule has 0 saturated carbocycles. The molecule has 0 aliphatic heterocycles. The van der Waals surface area contributed by atoms with Gasteiger partial charge in [0.2, 0.25) is 0 Å². The Morgan fingerprint density at radius 1 is 1.24 bits per heavy atom. The third kappa shape index (κ3) is 8.26. The van der Waals surface area contributed by atoms with Crippen molar-refractivity contribution < 1.29 is 37.0 Å². The number of pyridine rings is 1. The number of nitrogens with one attached hydrogen (secondary N) is 1. The summed E-state index contributed by atoms with van der Waals surface area (Å²) >= 11 is 5.79. The van der Waals surface area contributed by atoms with E-state index in [9.17, 15) is 27.6 Å². The van der Waals surface area contributed by atoms with Gasteiger partial charge in [-0.1, -0.05) is 11.6 Å². The number of aromatic nitrogens is 1. The Hall–Kier alpha value is -2.36. The zero-order valence-corrected chi connectivity index (χ0v) is 17.1. The van der Waals surface area contributed by atoms with Crippen LogP contribution in [0.15, 0.2) is 12.3 Å². The molecule has 0 fully saturated rings. The van der Waals surface area contributed by atoms with Crippen molar-refractivity contribution in [3.05, 3.63) is 28.5 Å². The van der Waals surface area contributed by atoms with Gasteiger partial charge in [0.1, 0.15) is 17.3 Å². The van der Waals surface area contributed by atoms with Gasteiger partial charge in [0.25, 0.3) is 0 Å². The van der Waals surface area contributed by atoms with Gasteiger partial charge in [-0.3, -0.25) is 9.78 Å². The Labute approximate surface area is 170 Å². The van der Waals surface area contributed by atoms with E-state index in [0.717, 1.165) is 6.20 Å². The summed E-state index contributed by atoms with van der Waals surface area (Å²) < 4.78 is 48.3. The van der Waals surface area contributed by atoms with E-state index in [1.54, 1.807) is 27.7 Å². The predicted octanol–water partition coefficient (Wildman–Crippen LogP) is 4.17. The van der Waals surface area contributed by atoms with Gasteiger partial charge in [-0.15, -0.1) is 0 Å². The minimum Gasteiger partial charge on any atom is -0.464 e. The van der Waals surface area contributed by atoms with E-state index in [1.807, 2.05) is 0 Å². The fourth-order valence-corrected chi connectivity index (χ4v) is 2.37. The molecule has 0 spiro atoms. The average Bonchev–Trinajstić information content (AvgIpc) is 2.56. The van der Waals surface area contributed by atoms with Crippen molar-refractivity contribution >= 4 is 29.4 Å².